The predicted molar refractivity (Wildman–Crippen MR) is 75.2 cm³/mol. The van der Waals surface area contributed by atoms with Crippen molar-refractivity contribution in [2.75, 3.05) is 19.8 Å². The summed E-state index contributed by atoms with van der Waals surface area (Å²) in [7, 11) is 0. The van der Waals surface area contributed by atoms with Gasteiger partial charge in [-0.05, 0) is 25.1 Å². The summed E-state index contributed by atoms with van der Waals surface area (Å²) in [5.41, 5.74) is 0.751. The second kappa shape index (κ2) is 5.53. The number of aromatic nitrogens is 1. The lowest BCUT2D eigenvalue weighted by Gasteiger charge is -2.16. The van der Waals surface area contributed by atoms with E-state index in [9.17, 15) is 4.39 Å². The van der Waals surface area contributed by atoms with Crippen LogP contribution in [-0.2, 0) is 4.74 Å². The van der Waals surface area contributed by atoms with Crippen molar-refractivity contribution in [3.8, 4) is 0 Å². The molecule has 0 radical (unpaired) electrons. The zero-order valence-corrected chi connectivity index (χ0v) is 11.7. The molecule has 0 aliphatic carbocycles. The maximum absolute atomic E-state index is 13.2. The molecule has 1 saturated heterocycles. The zero-order valence-electron chi connectivity index (χ0n) is 10.9. The quantitative estimate of drug-likeness (QED) is 0.935. The summed E-state index contributed by atoms with van der Waals surface area (Å²) in [5.74, 6) is 0.0553. The number of hydrogen-bond donors (Lipinski definition) is 1. The van der Waals surface area contributed by atoms with Gasteiger partial charge in [0, 0.05) is 12.1 Å². The molecule has 1 fully saturated rings. The Morgan fingerprint density at radius 3 is 3.21 bits per heavy atom. The minimum absolute atomic E-state index is 0.229. The topological polar surface area (TPSA) is 34.1 Å². The van der Waals surface area contributed by atoms with Gasteiger partial charge < -0.3 is 10.1 Å². The fourth-order valence-corrected chi connectivity index (χ4v) is 3.50. The average Bonchev–Trinajstić information content (AvgIpc) is 3.01. The molecule has 2 aromatic rings. The van der Waals surface area contributed by atoms with E-state index in [0.717, 1.165) is 34.8 Å². The van der Waals surface area contributed by atoms with Gasteiger partial charge in [0.2, 0.25) is 0 Å². The van der Waals surface area contributed by atoms with Crippen molar-refractivity contribution in [3.05, 3.63) is 29.0 Å². The summed E-state index contributed by atoms with van der Waals surface area (Å²) in [6, 6.07) is 5.11. The number of benzene rings is 1. The lowest BCUT2D eigenvalue weighted by atomic mass is 10.0. The highest BCUT2D eigenvalue weighted by Gasteiger charge is 2.31. The van der Waals surface area contributed by atoms with Crippen LogP contribution in [0.5, 0.6) is 0 Å². The van der Waals surface area contributed by atoms with Crippen molar-refractivity contribution in [2.45, 2.75) is 25.3 Å². The van der Waals surface area contributed by atoms with Crippen LogP contribution >= 0.6 is 11.3 Å². The van der Waals surface area contributed by atoms with Crippen LogP contribution in [0, 0.1) is 5.82 Å². The van der Waals surface area contributed by atoms with Crippen molar-refractivity contribution in [2.24, 2.45) is 0 Å². The van der Waals surface area contributed by atoms with E-state index in [2.05, 4.69) is 17.2 Å². The van der Waals surface area contributed by atoms with Gasteiger partial charge in [0.1, 0.15) is 10.8 Å². The van der Waals surface area contributed by atoms with Crippen molar-refractivity contribution in [1.29, 1.82) is 0 Å². The fraction of sp³-hybridized carbons (Fsp3) is 0.500. The van der Waals surface area contributed by atoms with Crippen molar-refractivity contribution < 1.29 is 9.13 Å². The normalized spacial score (nSPS) is 23.3. The summed E-state index contributed by atoms with van der Waals surface area (Å²) in [6.45, 7) is 4.57. The van der Waals surface area contributed by atoms with E-state index in [4.69, 9.17) is 4.74 Å². The molecule has 0 bridgehead atoms. The van der Waals surface area contributed by atoms with Gasteiger partial charge in [-0.15, -0.1) is 11.3 Å². The first-order valence-electron chi connectivity index (χ1n) is 6.65. The molecule has 3 rings (SSSR count). The Labute approximate surface area is 115 Å². The largest absolute Gasteiger partial charge is 0.379 e. The van der Waals surface area contributed by atoms with Gasteiger partial charge in [-0.3, -0.25) is 0 Å². The smallest absolute Gasteiger partial charge is 0.125 e. The Bertz CT molecular complexity index is 572. The first-order chi connectivity index (χ1) is 9.28. The van der Waals surface area contributed by atoms with E-state index in [1.807, 2.05) is 0 Å². The lowest BCUT2D eigenvalue weighted by Crippen LogP contribution is -2.34. The van der Waals surface area contributed by atoms with E-state index in [-0.39, 0.29) is 11.7 Å². The monoisotopic (exact) mass is 280 g/mol. The highest BCUT2D eigenvalue weighted by atomic mass is 32.1. The molecular weight excluding hydrogens is 263 g/mol. The first kappa shape index (κ1) is 13.0. The minimum atomic E-state index is -0.229. The number of nitrogens with one attached hydrogen (secondary N) is 1. The van der Waals surface area contributed by atoms with Crippen molar-refractivity contribution in [1.82, 2.24) is 10.3 Å². The number of ether oxygens (including phenoxy) is 1. The van der Waals surface area contributed by atoms with E-state index in [1.54, 1.807) is 17.4 Å². The number of nitrogens with zero attached hydrogens (tertiary/aromatic N) is 1. The third-order valence-corrected chi connectivity index (χ3v) is 4.59. The average molecular weight is 280 g/mol. The van der Waals surface area contributed by atoms with Gasteiger partial charge in [-0.1, -0.05) is 6.92 Å². The molecule has 3 nitrogen and oxygen atoms in total. The van der Waals surface area contributed by atoms with Gasteiger partial charge in [-0.25, -0.2) is 9.37 Å². The maximum Gasteiger partial charge on any atom is 0.125 e. The van der Waals surface area contributed by atoms with E-state index < -0.39 is 0 Å². The summed E-state index contributed by atoms with van der Waals surface area (Å²) in [5, 5.41) is 4.55. The van der Waals surface area contributed by atoms with Gasteiger partial charge in [-0.2, -0.15) is 0 Å². The molecule has 2 heterocycles. The van der Waals surface area contributed by atoms with Gasteiger partial charge >= 0.3 is 0 Å². The van der Waals surface area contributed by atoms with E-state index >= 15 is 0 Å². The Morgan fingerprint density at radius 1 is 1.47 bits per heavy atom. The van der Waals surface area contributed by atoms with Crippen LogP contribution in [0.4, 0.5) is 4.39 Å². The van der Waals surface area contributed by atoms with Gasteiger partial charge in [0.05, 0.1) is 29.3 Å². The molecule has 19 heavy (non-hydrogen) atoms. The molecule has 0 saturated carbocycles. The Hall–Kier alpha value is -1.04. The van der Waals surface area contributed by atoms with Crippen molar-refractivity contribution >= 4 is 21.6 Å². The second-order valence-electron chi connectivity index (χ2n) is 4.87. The molecule has 1 aliphatic rings. The van der Waals surface area contributed by atoms with Crippen LogP contribution in [0.25, 0.3) is 10.2 Å². The van der Waals surface area contributed by atoms with Gasteiger partial charge in [0.15, 0.2) is 0 Å². The molecule has 5 heteroatoms. The number of fused-ring (bicyclic) bond motifs is 1. The summed E-state index contributed by atoms with van der Waals surface area (Å²) >= 11 is 1.64. The second-order valence-corrected chi connectivity index (χ2v) is 5.93. The molecule has 0 amide bonds. The SMILES string of the molecule is CCCNC1COCC1c1nc2cc(F)ccc2s1. The van der Waals surface area contributed by atoms with E-state index in [0.29, 0.717) is 12.6 Å². The zero-order chi connectivity index (χ0) is 13.2. The van der Waals surface area contributed by atoms with Crippen LogP contribution in [0.15, 0.2) is 18.2 Å². The molecule has 1 aliphatic heterocycles. The fourth-order valence-electron chi connectivity index (χ4n) is 2.41. The van der Waals surface area contributed by atoms with Crippen LogP contribution in [0.3, 0.4) is 0 Å². The highest BCUT2D eigenvalue weighted by molar-refractivity contribution is 7.18. The molecule has 2 atom stereocenters. The molecule has 0 spiro atoms. The summed E-state index contributed by atoms with van der Waals surface area (Å²) < 4.78 is 19.8. The minimum Gasteiger partial charge on any atom is -0.379 e. The third kappa shape index (κ3) is 2.63. The number of thiazole rings is 1. The third-order valence-electron chi connectivity index (χ3n) is 3.42. The Morgan fingerprint density at radius 2 is 2.37 bits per heavy atom. The maximum atomic E-state index is 13.2. The van der Waals surface area contributed by atoms with Crippen LogP contribution in [0.2, 0.25) is 0 Å². The molecule has 1 aromatic carbocycles. The molecular formula is C14H17FN2OS. The molecule has 1 N–H and O–H groups in total. The number of halogens is 1. The van der Waals surface area contributed by atoms with Crippen LogP contribution < -0.4 is 5.32 Å². The summed E-state index contributed by atoms with van der Waals surface area (Å²) in [4.78, 5) is 4.57. The van der Waals surface area contributed by atoms with Crippen LogP contribution in [0.1, 0.15) is 24.3 Å². The highest BCUT2D eigenvalue weighted by Crippen LogP contribution is 2.32. The Balaban J connectivity index is 1.86. The Kier molecular flexibility index (Phi) is 3.77. The van der Waals surface area contributed by atoms with Crippen molar-refractivity contribution in [3.63, 3.8) is 0 Å². The predicted octanol–water partition coefficient (Wildman–Crippen LogP) is 2.92. The molecule has 1 aromatic heterocycles. The number of rotatable bonds is 4. The first-order valence-corrected chi connectivity index (χ1v) is 7.46. The molecule has 102 valence electrons. The van der Waals surface area contributed by atoms with Crippen LogP contribution in [-0.4, -0.2) is 30.8 Å². The summed E-state index contributed by atoms with van der Waals surface area (Å²) in [6.07, 6.45) is 1.11. The molecule has 2 unspecified atom stereocenters. The van der Waals surface area contributed by atoms with E-state index in [1.165, 1.54) is 12.1 Å². The standard InChI is InChI=1S/C14H17FN2OS/c1-2-5-16-12-8-18-7-10(12)14-17-11-6-9(15)3-4-13(11)19-14/h3-4,6,10,12,16H,2,5,7-8H2,1H3. The van der Waals surface area contributed by atoms with Gasteiger partial charge in [0.25, 0.3) is 0 Å². The number of hydrogen-bond acceptors (Lipinski definition) is 4. The lowest BCUT2D eigenvalue weighted by molar-refractivity contribution is 0.187.